The Hall–Kier alpha value is -2.28. The highest BCUT2D eigenvalue weighted by Crippen LogP contribution is 2.22. The molecule has 1 heterocycles. The molecule has 0 saturated carbocycles. The number of hydrogen-bond donors (Lipinski definition) is 2. The molecule has 2 aromatic carbocycles. The lowest BCUT2D eigenvalue weighted by molar-refractivity contribution is 0.238. The normalized spacial score (nSPS) is 12.3. The van der Waals surface area contributed by atoms with Crippen LogP contribution in [-0.4, -0.2) is 32.7 Å². The highest BCUT2D eigenvalue weighted by atomic mass is 35.5. The van der Waals surface area contributed by atoms with E-state index in [-0.39, 0.29) is 18.5 Å². The molecule has 7 heteroatoms. The summed E-state index contributed by atoms with van der Waals surface area (Å²) in [5.41, 5.74) is 3.26. The first-order chi connectivity index (χ1) is 13.1. The molecule has 0 spiro atoms. The Kier molecular flexibility index (Phi) is 6.55. The van der Waals surface area contributed by atoms with Crippen LogP contribution in [0.15, 0.2) is 48.5 Å². The molecule has 2 N–H and O–H groups in total. The third-order valence-corrected chi connectivity index (χ3v) is 4.72. The smallest absolute Gasteiger partial charge is 0.124 e. The third-order valence-electron chi connectivity index (χ3n) is 4.37. The van der Waals surface area contributed by atoms with Crippen molar-refractivity contribution in [1.29, 1.82) is 0 Å². The zero-order valence-electron chi connectivity index (χ0n) is 15.1. The first-order valence-corrected chi connectivity index (χ1v) is 9.26. The number of hydrogen-bond acceptors (Lipinski definition) is 4. The first kappa shape index (κ1) is 19.5. The molecule has 0 aliphatic rings. The first-order valence-electron chi connectivity index (χ1n) is 8.88. The zero-order chi connectivity index (χ0) is 19.2. The molecule has 0 bridgehead atoms. The molecule has 1 aromatic heterocycles. The Balaban J connectivity index is 1.89. The number of nitrogens with one attached hydrogen (secondary N) is 1. The van der Waals surface area contributed by atoms with Crippen LogP contribution in [0.1, 0.15) is 24.6 Å². The summed E-state index contributed by atoms with van der Waals surface area (Å²) in [5.74, 6) is -0.373. The van der Waals surface area contributed by atoms with Crippen molar-refractivity contribution in [3.63, 3.8) is 0 Å². The average Bonchev–Trinajstić information content (AvgIpc) is 3.08. The monoisotopic (exact) mass is 388 g/mol. The highest BCUT2D eigenvalue weighted by molar-refractivity contribution is 6.31. The van der Waals surface area contributed by atoms with Crippen molar-refractivity contribution >= 4 is 11.6 Å². The molecule has 3 aromatic rings. The second-order valence-corrected chi connectivity index (χ2v) is 6.70. The summed E-state index contributed by atoms with van der Waals surface area (Å²) in [7, 11) is 0. The van der Waals surface area contributed by atoms with Gasteiger partial charge < -0.3 is 10.4 Å². The standard InChI is InChI=1S/C20H22ClFN4O/c1-2-17(13-27)23-11-19-20(14-6-4-3-5-7-14)25-26(24-19)12-15-8-9-16(22)10-18(15)21/h3-10,17,23,27H,2,11-13H2,1H3/t17-/m0/s1. The summed E-state index contributed by atoms with van der Waals surface area (Å²) < 4.78 is 13.3. The molecule has 0 aliphatic carbocycles. The summed E-state index contributed by atoms with van der Waals surface area (Å²) in [4.78, 5) is 1.57. The van der Waals surface area contributed by atoms with E-state index in [1.54, 1.807) is 10.9 Å². The number of nitrogens with zero attached hydrogens (tertiary/aromatic N) is 3. The van der Waals surface area contributed by atoms with Gasteiger partial charge in [0.1, 0.15) is 17.2 Å². The fraction of sp³-hybridized carbons (Fsp3) is 0.300. The summed E-state index contributed by atoms with van der Waals surface area (Å²) in [6.45, 7) is 2.91. The van der Waals surface area contributed by atoms with Crippen LogP contribution in [0.25, 0.3) is 11.3 Å². The number of rotatable bonds is 8. The maximum atomic E-state index is 13.3. The minimum Gasteiger partial charge on any atom is -0.395 e. The van der Waals surface area contributed by atoms with Crippen LogP contribution in [0.4, 0.5) is 4.39 Å². The molecule has 0 aliphatic heterocycles. The minimum atomic E-state index is -0.373. The predicted octanol–water partition coefficient (Wildman–Crippen LogP) is 3.65. The molecule has 0 radical (unpaired) electrons. The van der Waals surface area contributed by atoms with Gasteiger partial charge in [-0.3, -0.25) is 0 Å². The van der Waals surface area contributed by atoms with Gasteiger partial charge in [0, 0.05) is 23.2 Å². The topological polar surface area (TPSA) is 63.0 Å². The van der Waals surface area contributed by atoms with Crippen molar-refractivity contribution < 1.29 is 9.50 Å². The van der Waals surface area contributed by atoms with Gasteiger partial charge in [-0.15, -0.1) is 0 Å². The van der Waals surface area contributed by atoms with Gasteiger partial charge in [0.25, 0.3) is 0 Å². The highest BCUT2D eigenvalue weighted by Gasteiger charge is 2.15. The molecular weight excluding hydrogens is 367 g/mol. The second kappa shape index (κ2) is 9.08. The Morgan fingerprint density at radius 1 is 1.19 bits per heavy atom. The van der Waals surface area contributed by atoms with E-state index in [1.807, 2.05) is 37.3 Å². The summed E-state index contributed by atoms with van der Waals surface area (Å²) in [6, 6.07) is 14.1. The quantitative estimate of drug-likeness (QED) is 0.618. The largest absolute Gasteiger partial charge is 0.395 e. The van der Waals surface area contributed by atoms with Gasteiger partial charge in [-0.1, -0.05) is 54.9 Å². The molecule has 0 saturated heterocycles. The molecule has 142 valence electrons. The van der Waals surface area contributed by atoms with Crippen molar-refractivity contribution in [2.24, 2.45) is 0 Å². The molecule has 0 amide bonds. The van der Waals surface area contributed by atoms with Gasteiger partial charge in [-0.25, -0.2) is 4.39 Å². The van der Waals surface area contributed by atoms with Gasteiger partial charge in [0.2, 0.25) is 0 Å². The fourth-order valence-electron chi connectivity index (χ4n) is 2.77. The average molecular weight is 389 g/mol. The molecule has 3 rings (SSSR count). The molecule has 0 fully saturated rings. The van der Waals surface area contributed by atoms with Crippen molar-refractivity contribution in [1.82, 2.24) is 20.3 Å². The maximum absolute atomic E-state index is 13.3. The molecule has 0 unspecified atom stereocenters. The lowest BCUT2D eigenvalue weighted by Crippen LogP contribution is -2.31. The maximum Gasteiger partial charge on any atom is 0.124 e. The minimum absolute atomic E-state index is 0.00492. The molecule has 27 heavy (non-hydrogen) atoms. The van der Waals surface area contributed by atoms with E-state index in [9.17, 15) is 9.50 Å². The van der Waals surface area contributed by atoms with E-state index in [4.69, 9.17) is 11.6 Å². The van der Waals surface area contributed by atoms with Gasteiger partial charge in [0.15, 0.2) is 0 Å². The SMILES string of the molecule is CC[C@@H](CO)NCc1nn(Cc2ccc(F)cc2Cl)nc1-c1ccccc1. The number of aliphatic hydroxyl groups is 1. The van der Waals surface area contributed by atoms with Crippen LogP contribution in [0, 0.1) is 5.82 Å². The van der Waals surface area contributed by atoms with E-state index in [2.05, 4.69) is 15.5 Å². The number of aromatic nitrogens is 3. The van der Waals surface area contributed by atoms with E-state index in [1.165, 1.54) is 12.1 Å². The van der Waals surface area contributed by atoms with Crippen LogP contribution in [-0.2, 0) is 13.1 Å². The van der Waals surface area contributed by atoms with Gasteiger partial charge in [-0.05, 0) is 24.1 Å². The second-order valence-electron chi connectivity index (χ2n) is 6.30. The number of halogens is 2. The summed E-state index contributed by atoms with van der Waals surface area (Å²) in [5, 5.41) is 22.3. The van der Waals surface area contributed by atoms with Gasteiger partial charge in [-0.2, -0.15) is 15.0 Å². The number of aliphatic hydroxyl groups excluding tert-OH is 1. The van der Waals surface area contributed by atoms with Gasteiger partial charge >= 0.3 is 0 Å². The fourth-order valence-corrected chi connectivity index (χ4v) is 3.00. The molecular formula is C20H22ClFN4O. The summed E-state index contributed by atoms with van der Waals surface area (Å²) >= 11 is 6.13. The van der Waals surface area contributed by atoms with Gasteiger partial charge in [0.05, 0.1) is 13.2 Å². The molecule has 5 nitrogen and oxygen atoms in total. The Bertz CT molecular complexity index is 881. The Morgan fingerprint density at radius 3 is 2.63 bits per heavy atom. The van der Waals surface area contributed by atoms with Crippen molar-refractivity contribution in [3.05, 3.63) is 70.6 Å². The van der Waals surface area contributed by atoms with E-state index >= 15 is 0 Å². The predicted molar refractivity (Wildman–Crippen MR) is 104 cm³/mol. The summed E-state index contributed by atoms with van der Waals surface area (Å²) in [6.07, 6.45) is 0.816. The Morgan fingerprint density at radius 2 is 1.96 bits per heavy atom. The van der Waals surface area contributed by atoms with Crippen molar-refractivity contribution in [3.8, 4) is 11.3 Å². The zero-order valence-corrected chi connectivity index (χ0v) is 15.8. The van der Waals surface area contributed by atoms with E-state index in [0.29, 0.717) is 18.1 Å². The van der Waals surface area contributed by atoms with Crippen molar-refractivity contribution in [2.75, 3.05) is 6.61 Å². The van der Waals surface area contributed by atoms with Crippen LogP contribution in [0.5, 0.6) is 0 Å². The van der Waals surface area contributed by atoms with Crippen molar-refractivity contribution in [2.45, 2.75) is 32.5 Å². The van der Waals surface area contributed by atoms with Crippen LogP contribution in [0.2, 0.25) is 5.02 Å². The lowest BCUT2D eigenvalue weighted by Gasteiger charge is -2.12. The van der Waals surface area contributed by atoms with E-state index < -0.39 is 0 Å². The lowest BCUT2D eigenvalue weighted by atomic mass is 10.1. The number of benzene rings is 2. The van der Waals surface area contributed by atoms with E-state index in [0.717, 1.165) is 28.9 Å². The Labute approximate surface area is 162 Å². The molecule has 1 atom stereocenters. The van der Waals surface area contributed by atoms with Crippen LogP contribution >= 0.6 is 11.6 Å². The van der Waals surface area contributed by atoms with Crippen LogP contribution < -0.4 is 5.32 Å². The third kappa shape index (κ3) is 4.91. The van der Waals surface area contributed by atoms with Crippen LogP contribution in [0.3, 0.4) is 0 Å².